The van der Waals surface area contributed by atoms with Crippen LogP contribution in [0.2, 0.25) is 0 Å². The third-order valence-corrected chi connectivity index (χ3v) is 5.53. The van der Waals surface area contributed by atoms with Crippen LogP contribution in [0.3, 0.4) is 0 Å². The van der Waals surface area contributed by atoms with Crippen molar-refractivity contribution in [3.63, 3.8) is 0 Å². The second kappa shape index (κ2) is 7.81. The van der Waals surface area contributed by atoms with Crippen molar-refractivity contribution in [2.24, 2.45) is 4.99 Å². The van der Waals surface area contributed by atoms with Crippen LogP contribution in [0.25, 0.3) is 0 Å². The fourth-order valence-electron chi connectivity index (χ4n) is 2.86. The van der Waals surface area contributed by atoms with E-state index >= 15 is 0 Å². The average molecular weight is 335 g/mol. The number of aliphatic imine (C=N–C) groups is 1. The number of thioether (sulfide) groups is 1. The first kappa shape index (κ1) is 16.3. The van der Waals surface area contributed by atoms with Crippen molar-refractivity contribution in [1.82, 2.24) is 10.2 Å². The van der Waals surface area contributed by atoms with Gasteiger partial charge in [0.15, 0.2) is 17.5 Å². The molecule has 0 bridgehead atoms. The first-order valence-corrected chi connectivity index (χ1v) is 9.30. The lowest BCUT2D eigenvalue weighted by atomic mass is 10.2. The van der Waals surface area contributed by atoms with E-state index in [1.807, 2.05) is 31.3 Å². The van der Waals surface area contributed by atoms with Gasteiger partial charge in [-0.1, -0.05) is 19.1 Å². The van der Waals surface area contributed by atoms with E-state index < -0.39 is 0 Å². The fourth-order valence-corrected chi connectivity index (χ4v) is 4.04. The van der Waals surface area contributed by atoms with Crippen LogP contribution >= 0.6 is 11.8 Å². The molecule has 23 heavy (non-hydrogen) atoms. The largest absolute Gasteiger partial charge is 0.486 e. The van der Waals surface area contributed by atoms with Crippen molar-refractivity contribution in [2.75, 3.05) is 39.0 Å². The topological polar surface area (TPSA) is 46.1 Å². The molecule has 3 rings (SSSR count). The molecule has 5 nitrogen and oxygen atoms in total. The van der Waals surface area contributed by atoms with Crippen LogP contribution < -0.4 is 14.8 Å². The van der Waals surface area contributed by atoms with Gasteiger partial charge in [0.05, 0.1) is 6.54 Å². The maximum absolute atomic E-state index is 5.99. The van der Waals surface area contributed by atoms with Gasteiger partial charge in [-0.3, -0.25) is 4.99 Å². The Morgan fingerprint density at radius 1 is 1.39 bits per heavy atom. The summed E-state index contributed by atoms with van der Waals surface area (Å²) in [5.74, 6) is 3.77. The van der Waals surface area contributed by atoms with Crippen LogP contribution in [0.5, 0.6) is 11.5 Å². The molecule has 126 valence electrons. The lowest BCUT2D eigenvalue weighted by Crippen LogP contribution is -2.50. The lowest BCUT2D eigenvalue weighted by Gasteiger charge is -2.35. The van der Waals surface area contributed by atoms with E-state index in [2.05, 4.69) is 33.9 Å². The van der Waals surface area contributed by atoms with Crippen LogP contribution in [0.1, 0.15) is 13.3 Å². The van der Waals surface area contributed by atoms with Gasteiger partial charge in [-0.25, -0.2) is 0 Å². The average Bonchev–Trinajstić information content (AvgIpc) is 2.62. The van der Waals surface area contributed by atoms with Crippen LogP contribution in [0, 0.1) is 0 Å². The standard InChI is InChI=1S/C17H25N3O2S/c1-3-14-11-20(8-9-23-14)17(18-2)19-10-13-12-21-15-6-4-5-7-16(15)22-13/h4-7,13-14H,3,8-12H2,1-2H3,(H,18,19). The molecular formula is C17H25N3O2S. The monoisotopic (exact) mass is 335 g/mol. The molecule has 0 saturated carbocycles. The molecule has 2 unspecified atom stereocenters. The quantitative estimate of drug-likeness (QED) is 0.678. The van der Waals surface area contributed by atoms with E-state index in [1.54, 1.807) is 0 Å². The third-order valence-electron chi connectivity index (χ3n) is 4.16. The van der Waals surface area contributed by atoms with E-state index in [9.17, 15) is 0 Å². The molecule has 0 amide bonds. The van der Waals surface area contributed by atoms with Crippen LogP contribution in [-0.4, -0.2) is 61.3 Å². The zero-order valence-corrected chi connectivity index (χ0v) is 14.6. The van der Waals surface area contributed by atoms with Crippen molar-refractivity contribution >= 4 is 17.7 Å². The Morgan fingerprint density at radius 3 is 3.00 bits per heavy atom. The second-order valence-electron chi connectivity index (χ2n) is 5.77. The van der Waals surface area contributed by atoms with Crippen molar-refractivity contribution in [1.29, 1.82) is 0 Å². The molecular weight excluding hydrogens is 310 g/mol. The van der Waals surface area contributed by atoms with E-state index in [-0.39, 0.29) is 6.10 Å². The Labute approximate surface area is 142 Å². The summed E-state index contributed by atoms with van der Waals surface area (Å²) in [4.78, 5) is 6.78. The molecule has 1 N–H and O–H groups in total. The van der Waals surface area contributed by atoms with Gasteiger partial charge in [0.25, 0.3) is 0 Å². The maximum Gasteiger partial charge on any atom is 0.193 e. The number of para-hydroxylation sites is 2. The number of hydrogen-bond donors (Lipinski definition) is 1. The first-order chi connectivity index (χ1) is 11.3. The van der Waals surface area contributed by atoms with Crippen molar-refractivity contribution in [2.45, 2.75) is 24.7 Å². The molecule has 2 heterocycles. The van der Waals surface area contributed by atoms with Crippen molar-refractivity contribution in [3.05, 3.63) is 24.3 Å². The molecule has 1 aromatic rings. The Hall–Kier alpha value is -1.56. The second-order valence-corrected chi connectivity index (χ2v) is 7.18. The van der Waals surface area contributed by atoms with Gasteiger partial charge in [0.1, 0.15) is 12.7 Å². The Kier molecular flexibility index (Phi) is 5.54. The molecule has 2 aliphatic heterocycles. The summed E-state index contributed by atoms with van der Waals surface area (Å²) in [5, 5.41) is 4.14. The predicted molar refractivity (Wildman–Crippen MR) is 95.8 cm³/mol. The van der Waals surface area contributed by atoms with Crippen LogP contribution in [0.15, 0.2) is 29.3 Å². The number of guanidine groups is 1. The minimum atomic E-state index is 0.00258. The molecule has 1 aromatic carbocycles. The highest BCUT2D eigenvalue weighted by molar-refractivity contribution is 8.00. The van der Waals surface area contributed by atoms with Gasteiger partial charge < -0.3 is 19.7 Å². The smallest absolute Gasteiger partial charge is 0.193 e. The normalized spacial score (nSPS) is 24.4. The molecule has 1 saturated heterocycles. The van der Waals surface area contributed by atoms with Crippen molar-refractivity contribution in [3.8, 4) is 11.5 Å². The highest BCUT2D eigenvalue weighted by atomic mass is 32.2. The van der Waals surface area contributed by atoms with E-state index in [0.29, 0.717) is 18.4 Å². The Bertz CT molecular complexity index is 552. The number of hydrogen-bond acceptors (Lipinski definition) is 4. The van der Waals surface area contributed by atoms with Crippen LogP contribution in [0.4, 0.5) is 0 Å². The van der Waals surface area contributed by atoms with Gasteiger partial charge in [0.2, 0.25) is 0 Å². The van der Waals surface area contributed by atoms with Gasteiger partial charge in [0, 0.05) is 31.1 Å². The Morgan fingerprint density at radius 2 is 2.22 bits per heavy atom. The van der Waals surface area contributed by atoms with Gasteiger partial charge in [-0.15, -0.1) is 0 Å². The van der Waals surface area contributed by atoms with E-state index in [4.69, 9.17) is 9.47 Å². The SMILES string of the molecule is CCC1CN(C(=NC)NCC2COc3ccccc3O2)CCS1. The summed E-state index contributed by atoms with van der Waals surface area (Å²) < 4.78 is 11.8. The fraction of sp³-hybridized carbons (Fsp3) is 0.588. The summed E-state index contributed by atoms with van der Waals surface area (Å²) >= 11 is 2.06. The molecule has 6 heteroatoms. The third kappa shape index (κ3) is 4.05. The van der Waals surface area contributed by atoms with Gasteiger partial charge in [-0.2, -0.15) is 11.8 Å². The number of rotatable bonds is 3. The lowest BCUT2D eigenvalue weighted by molar-refractivity contribution is 0.0931. The zero-order chi connectivity index (χ0) is 16.1. The molecule has 0 spiro atoms. The van der Waals surface area contributed by atoms with Gasteiger partial charge in [-0.05, 0) is 18.6 Å². The number of benzene rings is 1. The predicted octanol–water partition coefficient (Wildman–Crippen LogP) is 2.23. The highest BCUT2D eigenvalue weighted by Gasteiger charge is 2.24. The van der Waals surface area contributed by atoms with Crippen molar-refractivity contribution < 1.29 is 9.47 Å². The summed E-state index contributed by atoms with van der Waals surface area (Å²) in [6, 6.07) is 7.81. The maximum atomic E-state index is 5.99. The van der Waals surface area contributed by atoms with Gasteiger partial charge >= 0.3 is 0 Å². The molecule has 0 radical (unpaired) electrons. The number of fused-ring (bicyclic) bond motifs is 1. The number of nitrogens with zero attached hydrogens (tertiary/aromatic N) is 2. The molecule has 0 aliphatic carbocycles. The van der Waals surface area contributed by atoms with E-state index in [0.717, 1.165) is 36.3 Å². The summed E-state index contributed by atoms with van der Waals surface area (Å²) in [6.07, 6.45) is 1.21. The first-order valence-electron chi connectivity index (χ1n) is 8.25. The molecule has 2 atom stereocenters. The zero-order valence-electron chi connectivity index (χ0n) is 13.8. The number of ether oxygens (including phenoxy) is 2. The minimum absolute atomic E-state index is 0.00258. The minimum Gasteiger partial charge on any atom is -0.486 e. The highest BCUT2D eigenvalue weighted by Crippen LogP contribution is 2.30. The summed E-state index contributed by atoms with van der Waals surface area (Å²) in [6.45, 7) is 5.62. The summed E-state index contributed by atoms with van der Waals surface area (Å²) in [7, 11) is 1.85. The molecule has 2 aliphatic rings. The molecule has 0 aromatic heterocycles. The molecule has 1 fully saturated rings. The Balaban J connectivity index is 1.53. The van der Waals surface area contributed by atoms with E-state index in [1.165, 1.54) is 6.42 Å². The van der Waals surface area contributed by atoms with Crippen LogP contribution in [-0.2, 0) is 0 Å². The summed E-state index contributed by atoms with van der Waals surface area (Å²) in [5.41, 5.74) is 0. The number of nitrogens with one attached hydrogen (secondary N) is 1.